The Kier molecular flexibility index (Phi) is 3.78. The van der Waals surface area contributed by atoms with Gasteiger partial charge in [-0.25, -0.2) is 4.98 Å². The van der Waals surface area contributed by atoms with Crippen molar-refractivity contribution in [2.45, 2.75) is 25.8 Å². The lowest BCUT2D eigenvalue weighted by molar-refractivity contribution is 0.200. The third kappa shape index (κ3) is 2.95. The third-order valence-corrected chi connectivity index (χ3v) is 3.33. The van der Waals surface area contributed by atoms with E-state index in [2.05, 4.69) is 28.3 Å². The molecule has 1 aliphatic rings. The van der Waals surface area contributed by atoms with Crippen LogP contribution in [-0.2, 0) is 6.54 Å². The van der Waals surface area contributed by atoms with Crippen molar-refractivity contribution in [3.05, 3.63) is 23.9 Å². The summed E-state index contributed by atoms with van der Waals surface area (Å²) in [4.78, 5) is 6.73. The van der Waals surface area contributed by atoms with Crippen molar-refractivity contribution < 1.29 is 0 Å². The van der Waals surface area contributed by atoms with Gasteiger partial charge in [-0.2, -0.15) is 0 Å². The first-order chi connectivity index (χ1) is 7.78. The molecule has 0 spiro atoms. The van der Waals surface area contributed by atoms with Gasteiger partial charge in [0.15, 0.2) is 0 Å². The van der Waals surface area contributed by atoms with Gasteiger partial charge in [0.1, 0.15) is 5.82 Å². The van der Waals surface area contributed by atoms with Crippen LogP contribution in [0.25, 0.3) is 0 Å². The first-order valence-electron chi connectivity index (χ1n) is 6.09. The molecule has 0 aliphatic heterocycles. The van der Waals surface area contributed by atoms with E-state index in [0.29, 0.717) is 0 Å². The zero-order chi connectivity index (χ0) is 11.4. The average molecular weight is 219 g/mol. The number of hydrogen-bond donors (Lipinski definition) is 1. The Morgan fingerprint density at radius 2 is 2.25 bits per heavy atom. The number of anilines is 1. The summed E-state index contributed by atoms with van der Waals surface area (Å²) in [6.45, 7) is 2.24. The summed E-state index contributed by atoms with van der Waals surface area (Å²) in [6.07, 6.45) is 6.22. The highest BCUT2D eigenvalue weighted by Crippen LogP contribution is 2.27. The predicted molar refractivity (Wildman–Crippen MR) is 67.5 cm³/mol. The minimum Gasteiger partial charge on any atom is -0.373 e. The zero-order valence-electron chi connectivity index (χ0n) is 10.2. The van der Waals surface area contributed by atoms with Gasteiger partial charge in [-0.1, -0.05) is 12.5 Å². The summed E-state index contributed by atoms with van der Waals surface area (Å²) >= 11 is 0. The van der Waals surface area contributed by atoms with E-state index in [9.17, 15) is 0 Å². The van der Waals surface area contributed by atoms with Gasteiger partial charge in [0.25, 0.3) is 0 Å². The van der Waals surface area contributed by atoms with Crippen LogP contribution in [0, 0.1) is 5.92 Å². The molecular weight excluding hydrogens is 198 g/mol. The van der Waals surface area contributed by atoms with E-state index >= 15 is 0 Å². The third-order valence-electron chi connectivity index (χ3n) is 3.33. The lowest BCUT2D eigenvalue weighted by Gasteiger charge is -2.30. The molecule has 1 saturated carbocycles. The lowest BCUT2D eigenvalue weighted by Crippen LogP contribution is -2.29. The fraction of sp³-hybridized carbons (Fsp3) is 0.615. The summed E-state index contributed by atoms with van der Waals surface area (Å²) in [5.74, 6) is 1.87. The van der Waals surface area contributed by atoms with E-state index in [4.69, 9.17) is 0 Å². The molecule has 16 heavy (non-hydrogen) atoms. The largest absolute Gasteiger partial charge is 0.373 e. The molecule has 0 saturated heterocycles. The number of nitrogens with one attached hydrogen (secondary N) is 1. The minimum atomic E-state index is 0.936. The molecule has 3 heteroatoms. The number of nitrogens with zero attached hydrogens (tertiary/aromatic N) is 2. The van der Waals surface area contributed by atoms with E-state index in [1.165, 1.54) is 31.4 Å². The molecule has 2 rings (SSSR count). The topological polar surface area (TPSA) is 28.2 Å². The van der Waals surface area contributed by atoms with E-state index in [1.54, 1.807) is 0 Å². The highest BCUT2D eigenvalue weighted by Gasteiger charge is 2.18. The molecule has 1 heterocycles. The van der Waals surface area contributed by atoms with Gasteiger partial charge in [-0.15, -0.1) is 0 Å². The fourth-order valence-electron chi connectivity index (χ4n) is 2.16. The maximum atomic E-state index is 4.33. The summed E-state index contributed by atoms with van der Waals surface area (Å²) in [6, 6.07) is 4.18. The van der Waals surface area contributed by atoms with Gasteiger partial charge < -0.3 is 10.2 Å². The van der Waals surface area contributed by atoms with Gasteiger partial charge in [-0.3, -0.25) is 0 Å². The van der Waals surface area contributed by atoms with Crippen LogP contribution in [0.15, 0.2) is 18.3 Å². The highest BCUT2D eigenvalue weighted by atomic mass is 15.1. The molecule has 0 radical (unpaired) electrons. The molecule has 0 aromatic carbocycles. The quantitative estimate of drug-likeness (QED) is 0.824. The van der Waals surface area contributed by atoms with Crippen molar-refractivity contribution in [2.75, 3.05) is 26.0 Å². The second-order valence-electron chi connectivity index (χ2n) is 4.80. The Morgan fingerprint density at radius 1 is 1.44 bits per heavy atom. The summed E-state index contributed by atoms with van der Waals surface area (Å²) < 4.78 is 0. The Bertz CT molecular complexity index is 316. The molecule has 1 aromatic heterocycles. The standard InChI is InChI=1S/C13H21N3/c1-14-13-7-6-12(8-15-13)10-16(2)9-11-4-3-5-11/h6-8,11H,3-5,9-10H2,1-2H3,(H,14,15). The normalized spacial score (nSPS) is 16.2. The van der Waals surface area contributed by atoms with Crippen LogP contribution in [-0.4, -0.2) is 30.5 Å². The second kappa shape index (κ2) is 5.30. The molecule has 88 valence electrons. The van der Waals surface area contributed by atoms with E-state index in [-0.39, 0.29) is 0 Å². The number of pyridine rings is 1. The Hall–Kier alpha value is -1.09. The van der Waals surface area contributed by atoms with E-state index in [0.717, 1.165) is 18.3 Å². The van der Waals surface area contributed by atoms with Crippen LogP contribution in [0.5, 0.6) is 0 Å². The molecule has 1 aromatic rings. The van der Waals surface area contributed by atoms with Crippen molar-refractivity contribution in [3.63, 3.8) is 0 Å². The van der Waals surface area contributed by atoms with Crippen molar-refractivity contribution in [3.8, 4) is 0 Å². The maximum Gasteiger partial charge on any atom is 0.125 e. The molecule has 1 N–H and O–H groups in total. The van der Waals surface area contributed by atoms with Crippen LogP contribution in [0.1, 0.15) is 24.8 Å². The van der Waals surface area contributed by atoms with Gasteiger partial charge in [0.2, 0.25) is 0 Å². The molecule has 0 amide bonds. The van der Waals surface area contributed by atoms with Crippen molar-refractivity contribution in [1.82, 2.24) is 9.88 Å². The average Bonchev–Trinajstić information content (AvgIpc) is 2.25. The summed E-state index contributed by atoms with van der Waals surface area (Å²) in [5, 5.41) is 3.03. The zero-order valence-corrected chi connectivity index (χ0v) is 10.2. The first-order valence-corrected chi connectivity index (χ1v) is 6.09. The fourth-order valence-corrected chi connectivity index (χ4v) is 2.16. The van der Waals surface area contributed by atoms with Gasteiger partial charge >= 0.3 is 0 Å². The lowest BCUT2D eigenvalue weighted by atomic mass is 9.85. The molecule has 1 aliphatic carbocycles. The van der Waals surface area contributed by atoms with E-state index < -0.39 is 0 Å². The summed E-state index contributed by atoms with van der Waals surface area (Å²) in [7, 11) is 4.09. The van der Waals surface area contributed by atoms with Gasteiger partial charge in [-0.05, 0) is 37.4 Å². The summed E-state index contributed by atoms with van der Waals surface area (Å²) in [5.41, 5.74) is 1.29. The molecule has 0 bridgehead atoms. The SMILES string of the molecule is CNc1ccc(CN(C)CC2CCC2)cn1. The van der Waals surface area contributed by atoms with Crippen LogP contribution < -0.4 is 5.32 Å². The van der Waals surface area contributed by atoms with Crippen molar-refractivity contribution in [2.24, 2.45) is 5.92 Å². The van der Waals surface area contributed by atoms with Gasteiger partial charge in [0, 0.05) is 26.3 Å². The van der Waals surface area contributed by atoms with E-state index in [1.807, 2.05) is 19.3 Å². The molecule has 0 atom stereocenters. The minimum absolute atomic E-state index is 0.936. The number of hydrogen-bond acceptors (Lipinski definition) is 3. The first kappa shape index (κ1) is 11.4. The number of rotatable bonds is 5. The predicted octanol–water partition coefficient (Wildman–Crippen LogP) is 2.36. The highest BCUT2D eigenvalue weighted by molar-refractivity contribution is 5.34. The van der Waals surface area contributed by atoms with Crippen LogP contribution in [0.4, 0.5) is 5.82 Å². The second-order valence-corrected chi connectivity index (χ2v) is 4.80. The van der Waals surface area contributed by atoms with Crippen LogP contribution in [0.2, 0.25) is 0 Å². The Morgan fingerprint density at radius 3 is 2.75 bits per heavy atom. The van der Waals surface area contributed by atoms with Crippen LogP contribution in [0.3, 0.4) is 0 Å². The van der Waals surface area contributed by atoms with Crippen LogP contribution >= 0.6 is 0 Å². The monoisotopic (exact) mass is 219 g/mol. The molecule has 3 nitrogen and oxygen atoms in total. The molecular formula is C13H21N3. The molecule has 0 unspecified atom stereocenters. The Balaban J connectivity index is 1.82. The molecule has 1 fully saturated rings. The van der Waals surface area contributed by atoms with Crippen molar-refractivity contribution >= 4 is 5.82 Å². The smallest absolute Gasteiger partial charge is 0.125 e. The Labute approximate surface area is 97.9 Å². The van der Waals surface area contributed by atoms with Gasteiger partial charge in [0.05, 0.1) is 0 Å². The number of aromatic nitrogens is 1. The van der Waals surface area contributed by atoms with Crippen molar-refractivity contribution in [1.29, 1.82) is 0 Å². The maximum absolute atomic E-state index is 4.33.